The predicted molar refractivity (Wildman–Crippen MR) is 80.7 cm³/mol. The fourth-order valence-electron chi connectivity index (χ4n) is 2.33. The van der Waals surface area contributed by atoms with Crippen LogP contribution in [-0.4, -0.2) is 12.4 Å². The minimum absolute atomic E-state index is 0.0838. The van der Waals surface area contributed by atoms with Gasteiger partial charge in [-0.2, -0.15) is 13.2 Å². The van der Waals surface area contributed by atoms with Gasteiger partial charge in [0.1, 0.15) is 0 Å². The monoisotopic (exact) mass is 339 g/mol. The second-order valence-electron chi connectivity index (χ2n) is 5.20. The Morgan fingerprint density at radius 1 is 0.957 bits per heavy atom. The molecule has 0 radical (unpaired) electrons. The highest BCUT2D eigenvalue weighted by Gasteiger charge is 2.31. The molecule has 0 N–H and O–H groups in total. The first-order valence-electron chi connectivity index (χ1n) is 6.70. The third kappa shape index (κ3) is 2.72. The lowest BCUT2D eigenvalue weighted by atomic mass is 10.1. The Kier molecular flexibility index (Phi) is 3.48. The second-order valence-corrected chi connectivity index (χ2v) is 7.02. The van der Waals surface area contributed by atoms with Gasteiger partial charge >= 0.3 is 6.18 Å². The van der Waals surface area contributed by atoms with E-state index in [9.17, 15) is 21.6 Å². The van der Waals surface area contributed by atoms with E-state index < -0.39 is 21.8 Å². The molecule has 0 fully saturated rings. The van der Waals surface area contributed by atoms with Gasteiger partial charge in [-0.15, -0.1) is 0 Å². The van der Waals surface area contributed by atoms with Crippen molar-refractivity contribution in [3.8, 4) is 0 Å². The number of alkyl halides is 3. The molecule has 0 unspecified atom stereocenters. The lowest BCUT2D eigenvalue weighted by Gasteiger charge is -2.09. The second kappa shape index (κ2) is 5.13. The summed E-state index contributed by atoms with van der Waals surface area (Å²) in [5.74, 6) is 0. The van der Waals surface area contributed by atoms with Crippen LogP contribution in [0.1, 0.15) is 11.1 Å². The SMILES string of the molecule is Cc1ccc(S(=O)(=O)n2ccc3cc(C(F)(F)F)ccc32)cc1. The maximum Gasteiger partial charge on any atom is 0.416 e. The molecule has 0 spiro atoms. The molecule has 0 saturated carbocycles. The molecule has 2 aromatic carbocycles. The molecule has 7 heteroatoms. The van der Waals surface area contributed by atoms with E-state index >= 15 is 0 Å². The minimum atomic E-state index is -4.47. The molecule has 3 aromatic rings. The van der Waals surface area contributed by atoms with E-state index in [1.165, 1.54) is 30.5 Å². The highest BCUT2D eigenvalue weighted by molar-refractivity contribution is 7.90. The summed E-state index contributed by atoms with van der Waals surface area (Å²) in [4.78, 5) is 0.0838. The first kappa shape index (κ1) is 15.6. The number of nitrogens with zero attached hydrogens (tertiary/aromatic N) is 1. The third-order valence-corrected chi connectivity index (χ3v) is 5.26. The number of fused-ring (bicyclic) bond motifs is 1. The standard InChI is InChI=1S/C16H12F3NO2S/c1-11-2-5-14(6-3-11)23(21,22)20-9-8-12-10-13(16(17,18)19)4-7-15(12)20/h2-10H,1H3. The molecule has 3 nitrogen and oxygen atoms in total. The van der Waals surface area contributed by atoms with Crippen molar-refractivity contribution < 1.29 is 21.6 Å². The first-order chi connectivity index (χ1) is 10.7. The fourth-order valence-corrected chi connectivity index (χ4v) is 3.68. The van der Waals surface area contributed by atoms with Crippen molar-refractivity contribution in [1.29, 1.82) is 0 Å². The highest BCUT2D eigenvalue weighted by atomic mass is 32.2. The van der Waals surface area contributed by atoms with E-state index in [1.807, 2.05) is 6.92 Å². The number of rotatable bonds is 2. The van der Waals surface area contributed by atoms with Gasteiger partial charge < -0.3 is 0 Å². The fraction of sp³-hybridized carbons (Fsp3) is 0.125. The van der Waals surface area contributed by atoms with Crippen LogP contribution in [0.4, 0.5) is 13.2 Å². The van der Waals surface area contributed by atoms with Crippen molar-refractivity contribution in [3.63, 3.8) is 0 Å². The van der Waals surface area contributed by atoms with E-state index in [1.54, 1.807) is 12.1 Å². The number of hydrogen-bond donors (Lipinski definition) is 0. The van der Waals surface area contributed by atoms with E-state index in [-0.39, 0.29) is 15.8 Å². The molecule has 0 aliphatic heterocycles. The molecule has 0 bridgehead atoms. The summed E-state index contributed by atoms with van der Waals surface area (Å²) in [6.07, 6.45) is -3.20. The molecule has 120 valence electrons. The van der Waals surface area contributed by atoms with Crippen molar-refractivity contribution in [3.05, 3.63) is 65.9 Å². The van der Waals surface area contributed by atoms with Gasteiger partial charge in [0.05, 0.1) is 16.0 Å². The maximum atomic E-state index is 12.7. The highest BCUT2D eigenvalue weighted by Crippen LogP contribution is 2.32. The van der Waals surface area contributed by atoms with E-state index in [2.05, 4.69) is 0 Å². The van der Waals surface area contributed by atoms with Gasteiger partial charge in [-0.25, -0.2) is 12.4 Å². The zero-order valence-corrected chi connectivity index (χ0v) is 12.8. The summed E-state index contributed by atoms with van der Waals surface area (Å²) in [7, 11) is -3.85. The van der Waals surface area contributed by atoms with Gasteiger partial charge in [0.15, 0.2) is 0 Å². The Morgan fingerprint density at radius 2 is 1.61 bits per heavy atom. The predicted octanol–water partition coefficient (Wildman–Crippen LogP) is 4.21. The zero-order chi connectivity index (χ0) is 16.8. The van der Waals surface area contributed by atoms with Crippen LogP contribution in [0.3, 0.4) is 0 Å². The molecule has 0 saturated heterocycles. The first-order valence-corrected chi connectivity index (χ1v) is 8.14. The van der Waals surface area contributed by atoms with Crippen LogP contribution in [-0.2, 0) is 16.2 Å². The topological polar surface area (TPSA) is 39.1 Å². The molecule has 0 amide bonds. The Morgan fingerprint density at radius 3 is 2.22 bits per heavy atom. The van der Waals surface area contributed by atoms with Crippen LogP contribution in [0, 0.1) is 6.92 Å². The van der Waals surface area contributed by atoms with E-state index in [0.29, 0.717) is 0 Å². The van der Waals surface area contributed by atoms with Crippen molar-refractivity contribution in [2.45, 2.75) is 18.0 Å². The quantitative estimate of drug-likeness (QED) is 0.702. The van der Waals surface area contributed by atoms with Gasteiger partial charge in [0.2, 0.25) is 0 Å². The molecule has 3 rings (SSSR count). The van der Waals surface area contributed by atoms with Crippen LogP contribution in [0.5, 0.6) is 0 Å². The molecule has 0 aliphatic rings. The van der Waals surface area contributed by atoms with Gasteiger partial charge in [0, 0.05) is 11.6 Å². The summed E-state index contributed by atoms with van der Waals surface area (Å²) in [5, 5.41) is 0.218. The largest absolute Gasteiger partial charge is 0.416 e. The molecule has 1 heterocycles. The number of aromatic nitrogens is 1. The Balaban J connectivity index is 2.15. The molecule has 0 atom stereocenters. The summed E-state index contributed by atoms with van der Waals surface area (Å²) in [6, 6.07) is 10.6. The van der Waals surface area contributed by atoms with Crippen molar-refractivity contribution >= 4 is 20.9 Å². The van der Waals surface area contributed by atoms with E-state index in [4.69, 9.17) is 0 Å². The summed E-state index contributed by atoms with van der Waals surface area (Å²) >= 11 is 0. The number of aryl methyl sites for hydroxylation is 1. The van der Waals surface area contributed by atoms with Crippen LogP contribution in [0.25, 0.3) is 10.9 Å². The van der Waals surface area contributed by atoms with Gasteiger partial charge in [0.25, 0.3) is 10.0 Å². The number of hydrogen-bond acceptors (Lipinski definition) is 2. The normalized spacial score (nSPS) is 12.7. The van der Waals surface area contributed by atoms with Gasteiger partial charge in [-0.3, -0.25) is 0 Å². The van der Waals surface area contributed by atoms with Crippen LogP contribution in [0.15, 0.2) is 59.6 Å². The Bertz CT molecular complexity index is 971. The molecular weight excluding hydrogens is 327 g/mol. The maximum absolute atomic E-state index is 12.7. The average Bonchev–Trinajstić information content (AvgIpc) is 2.90. The van der Waals surface area contributed by atoms with Crippen molar-refractivity contribution in [2.75, 3.05) is 0 Å². The molecule has 1 aromatic heterocycles. The lowest BCUT2D eigenvalue weighted by Crippen LogP contribution is -2.12. The Hall–Kier alpha value is -2.28. The lowest BCUT2D eigenvalue weighted by molar-refractivity contribution is -0.137. The van der Waals surface area contributed by atoms with Gasteiger partial charge in [-0.05, 0) is 43.3 Å². The van der Waals surface area contributed by atoms with Gasteiger partial charge in [-0.1, -0.05) is 17.7 Å². The molecule has 0 aliphatic carbocycles. The summed E-state index contributed by atoms with van der Waals surface area (Å²) < 4.78 is 64.5. The molecule has 23 heavy (non-hydrogen) atoms. The molecular formula is C16H12F3NO2S. The summed E-state index contributed by atoms with van der Waals surface area (Å²) in [5.41, 5.74) is 0.310. The summed E-state index contributed by atoms with van der Waals surface area (Å²) in [6.45, 7) is 1.83. The van der Waals surface area contributed by atoms with Crippen molar-refractivity contribution in [1.82, 2.24) is 3.97 Å². The Labute approximate surface area is 131 Å². The minimum Gasteiger partial charge on any atom is -0.241 e. The van der Waals surface area contributed by atoms with Crippen LogP contribution < -0.4 is 0 Å². The van der Waals surface area contributed by atoms with Crippen LogP contribution in [0.2, 0.25) is 0 Å². The number of benzene rings is 2. The zero-order valence-electron chi connectivity index (χ0n) is 12.0. The van der Waals surface area contributed by atoms with E-state index in [0.717, 1.165) is 21.7 Å². The van der Waals surface area contributed by atoms with Crippen molar-refractivity contribution in [2.24, 2.45) is 0 Å². The smallest absolute Gasteiger partial charge is 0.241 e. The average molecular weight is 339 g/mol. The van der Waals surface area contributed by atoms with Crippen LogP contribution >= 0.6 is 0 Å². The number of halogens is 3. The third-order valence-electron chi connectivity index (χ3n) is 3.56.